The lowest BCUT2D eigenvalue weighted by molar-refractivity contribution is -0.134. The van der Waals surface area contributed by atoms with Crippen molar-refractivity contribution in [2.24, 2.45) is 11.1 Å². The Morgan fingerprint density at radius 1 is 1.22 bits per heavy atom. The third kappa shape index (κ3) is 4.84. The van der Waals surface area contributed by atoms with Gasteiger partial charge in [-0.25, -0.2) is 0 Å². The minimum absolute atomic E-state index is 0.204. The molecule has 0 bridgehead atoms. The average Bonchev–Trinajstić information content (AvgIpc) is 3.24. The van der Waals surface area contributed by atoms with E-state index in [9.17, 15) is 9.59 Å². The Morgan fingerprint density at radius 3 is 2.75 bits per heavy atom. The molecule has 0 saturated carbocycles. The monoisotopic (exact) mass is 440 g/mol. The molecule has 2 fully saturated rings. The molecule has 3 N–H and O–H groups in total. The minimum atomic E-state index is -0.486. The molecule has 2 saturated heterocycles. The summed E-state index contributed by atoms with van der Waals surface area (Å²) in [5.41, 5.74) is 7.67. The van der Waals surface area contributed by atoms with E-state index in [0.717, 1.165) is 57.3 Å². The second-order valence-corrected chi connectivity index (χ2v) is 9.43. The summed E-state index contributed by atoms with van der Waals surface area (Å²) in [7, 11) is 1.67. The van der Waals surface area contributed by atoms with Gasteiger partial charge in [0.05, 0.1) is 5.41 Å². The highest BCUT2D eigenvalue weighted by molar-refractivity contribution is 5.84. The fraction of sp³-hybridized carbons (Fsp3) is 0.600. The Kier molecular flexibility index (Phi) is 7.16. The standard InChI is InChI=1S/C25H36N4O3/c1-32-16-12-25(24(26)31)11-4-13-29(18-25)20-9-14-28(15-10-20)23(30)8-7-19-17-27-22-6-3-2-5-21(19)22/h2-3,5-6,17,20,27H,4,7-16,18H2,1H3,(H2,26,31). The fourth-order valence-corrected chi connectivity index (χ4v) is 5.52. The summed E-state index contributed by atoms with van der Waals surface area (Å²) in [6.45, 7) is 3.84. The first-order valence-corrected chi connectivity index (χ1v) is 11.9. The van der Waals surface area contributed by atoms with Crippen molar-refractivity contribution in [3.63, 3.8) is 0 Å². The smallest absolute Gasteiger partial charge is 0.225 e. The van der Waals surface area contributed by atoms with E-state index in [-0.39, 0.29) is 11.8 Å². The van der Waals surface area contributed by atoms with Gasteiger partial charge in [-0.05, 0) is 56.7 Å². The quantitative estimate of drug-likeness (QED) is 0.660. The number of hydrogen-bond acceptors (Lipinski definition) is 4. The molecule has 32 heavy (non-hydrogen) atoms. The third-order valence-corrected chi connectivity index (χ3v) is 7.53. The molecule has 174 valence electrons. The summed E-state index contributed by atoms with van der Waals surface area (Å²) < 4.78 is 5.24. The number of aromatic nitrogens is 1. The number of nitrogens with zero attached hydrogens (tertiary/aromatic N) is 2. The summed E-state index contributed by atoms with van der Waals surface area (Å²) in [5.74, 6) is 0.0306. The van der Waals surface area contributed by atoms with Gasteiger partial charge < -0.3 is 20.4 Å². The number of nitrogens with two attached hydrogens (primary N) is 1. The predicted molar refractivity (Wildman–Crippen MR) is 125 cm³/mol. The zero-order valence-electron chi connectivity index (χ0n) is 19.1. The molecule has 7 nitrogen and oxygen atoms in total. The van der Waals surface area contributed by atoms with Crippen LogP contribution in [0.5, 0.6) is 0 Å². The number of benzene rings is 1. The Hall–Kier alpha value is -2.38. The maximum Gasteiger partial charge on any atom is 0.225 e. The molecule has 3 heterocycles. The number of methoxy groups -OCH3 is 1. The van der Waals surface area contributed by atoms with Gasteiger partial charge >= 0.3 is 0 Å². The van der Waals surface area contributed by atoms with Crippen LogP contribution in [-0.2, 0) is 20.7 Å². The van der Waals surface area contributed by atoms with E-state index in [1.807, 2.05) is 23.2 Å². The van der Waals surface area contributed by atoms with Crippen LogP contribution in [0.4, 0.5) is 0 Å². The molecule has 0 radical (unpaired) electrons. The van der Waals surface area contributed by atoms with Crippen molar-refractivity contribution in [2.75, 3.05) is 39.9 Å². The molecule has 0 spiro atoms. The normalized spacial score (nSPS) is 23.0. The molecule has 1 unspecified atom stereocenters. The largest absolute Gasteiger partial charge is 0.385 e. The lowest BCUT2D eigenvalue weighted by Gasteiger charge is -2.46. The first kappa shape index (κ1) is 22.8. The van der Waals surface area contributed by atoms with Crippen LogP contribution in [0, 0.1) is 5.41 Å². The van der Waals surface area contributed by atoms with Gasteiger partial charge in [-0.15, -0.1) is 0 Å². The molecular formula is C25H36N4O3. The number of para-hydroxylation sites is 1. The van der Waals surface area contributed by atoms with Gasteiger partial charge in [-0.2, -0.15) is 0 Å². The van der Waals surface area contributed by atoms with Gasteiger partial charge in [0, 0.05) is 62.9 Å². The number of fused-ring (bicyclic) bond motifs is 1. The summed E-state index contributed by atoms with van der Waals surface area (Å²) >= 11 is 0. The van der Waals surface area contributed by atoms with Crippen molar-refractivity contribution in [1.82, 2.24) is 14.8 Å². The molecule has 1 atom stereocenters. The van der Waals surface area contributed by atoms with E-state index in [1.165, 1.54) is 10.9 Å². The van der Waals surface area contributed by atoms with E-state index < -0.39 is 5.41 Å². The number of aryl methyl sites for hydroxylation is 1. The van der Waals surface area contributed by atoms with Crippen molar-refractivity contribution < 1.29 is 14.3 Å². The third-order valence-electron chi connectivity index (χ3n) is 7.53. The van der Waals surface area contributed by atoms with Crippen LogP contribution in [0.2, 0.25) is 0 Å². The van der Waals surface area contributed by atoms with Gasteiger partial charge in [0.2, 0.25) is 11.8 Å². The minimum Gasteiger partial charge on any atom is -0.385 e. The number of ether oxygens (including phenoxy) is 1. The van der Waals surface area contributed by atoms with E-state index in [1.54, 1.807) is 7.11 Å². The SMILES string of the molecule is COCCC1(C(N)=O)CCCN(C2CCN(C(=O)CCc3c[nH]c4ccccc34)CC2)C1. The van der Waals surface area contributed by atoms with E-state index in [0.29, 0.717) is 32.0 Å². The molecular weight excluding hydrogens is 404 g/mol. The number of carbonyl (C=O) groups excluding carboxylic acids is 2. The van der Waals surface area contributed by atoms with Gasteiger partial charge in [-0.1, -0.05) is 18.2 Å². The first-order chi connectivity index (χ1) is 15.5. The van der Waals surface area contributed by atoms with Crippen molar-refractivity contribution in [2.45, 2.75) is 51.0 Å². The summed E-state index contributed by atoms with van der Waals surface area (Å²) in [6, 6.07) is 8.64. The van der Waals surface area contributed by atoms with Gasteiger partial charge in [0.1, 0.15) is 0 Å². The molecule has 1 aromatic heterocycles. The Balaban J connectivity index is 1.28. The van der Waals surface area contributed by atoms with E-state index in [2.05, 4.69) is 22.0 Å². The van der Waals surface area contributed by atoms with Crippen molar-refractivity contribution in [3.05, 3.63) is 36.0 Å². The van der Waals surface area contributed by atoms with Crippen molar-refractivity contribution in [3.8, 4) is 0 Å². The second kappa shape index (κ2) is 10.0. The van der Waals surface area contributed by atoms with Crippen LogP contribution < -0.4 is 5.73 Å². The van der Waals surface area contributed by atoms with Crippen LogP contribution in [0.1, 0.15) is 44.1 Å². The Morgan fingerprint density at radius 2 is 2.00 bits per heavy atom. The van der Waals surface area contributed by atoms with Crippen molar-refractivity contribution in [1.29, 1.82) is 0 Å². The number of H-pyrrole nitrogens is 1. The molecule has 2 aromatic rings. The van der Waals surface area contributed by atoms with E-state index in [4.69, 9.17) is 10.5 Å². The molecule has 0 aliphatic carbocycles. The fourth-order valence-electron chi connectivity index (χ4n) is 5.52. The van der Waals surface area contributed by atoms with Crippen LogP contribution >= 0.6 is 0 Å². The number of piperidine rings is 2. The lowest BCUT2D eigenvalue weighted by Crippen LogP contribution is -2.56. The number of carbonyl (C=O) groups is 2. The predicted octanol–water partition coefficient (Wildman–Crippen LogP) is 2.70. The number of likely N-dealkylation sites (tertiary alicyclic amines) is 2. The van der Waals surface area contributed by atoms with E-state index >= 15 is 0 Å². The second-order valence-electron chi connectivity index (χ2n) is 9.43. The Labute approximate surface area is 190 Å². The molecule has 2 aliphatic rings. The summed E-state index contributed by atoms with van der Waals surface area (Å²) in [4.78, 5) is 32.9. The topological polar surface area (TPSA) is 91.7 Å². The molecule has 2 aliphatic heterocycles. The Bertz CT molecular complexity index is 934. The maximum absolute atomic E-state index is 12.9. The van der Waals surface area contributed by atoms with Gasteiger partial charge in [-0.3, -0.25) is 14.5 Å². The van der Waals surface area contributed by atoms with Crippen LogP contribution in [-0.4, -0.2) is 72.5 Å². The lowest BCUT2D eigenvalue weighted by atomic mass is 9.76. The number of hydrogen-bond donors (Lipinski definition) is 2. The van der Waals surface area contributed by atoms with Crippen molar-refractivity contribution >= 4 is 22.7 Å². The molecule has 7 heteroatoms. The maximum atomic E-state index is 12.9. The number of nitrogens with one attached hydrogen (secondary N) is 1. The van der Waals surface area contributed by atoms with Crippen LogP contribution in [0.3, 0.4) is 0 Å². The zero-order valence-corrected chi connectivity index (χ0v) is 19.1. The highest BCUT2D eigenvalue weighted by atomic mass is 16.5. The number of rotatable bonds is 8. The number of primary amides is 1. The summed E-state index contributed by atoms with van der Waals surface area (Å²) in [6.07, 6.45) is 7.74. The average molecular weight is 441 g/mol. The molecule has 1 aromatic carbocycles. The van der Waals surface area contributed by atoms with Crippen LogP contribution in [0.25, 0.3) is 10.9 Å². The van der Waals surface area contributed by atoms with Gasteiger partial charge in [0.25, 0.3) is 0 Å². The first-order valence-electron chi connectivity index (χ1n) is 11.9. The number of aromatic amines is 1. The molecule has 4 rings (SSSR count). The number of amides is 2. The zero-order chi connectivity index (χ0) is 22.6. The summed E-state index contributed by atoms with van der Waals surface area (Å²) in [5, 5.41) is 1.20. The highest BCUT2D eigenvalue weighted by Crippen LogP contribution is 2.35. The van der Waals surface area contributed by atoms with Gasteiger partial charge in [0.15, 0.2) is 0 Å². The van der Waals surface area contributed by atoms with Crippen LogP contribution in [0.15, 0.2) is 30.5 Å². The molecule has 2 amide bonds. The highest BCUT2D eigenvalue weighted by Gasteiger charge is 2.42.